The summed E-state index contributed by atoms with van der Waals surface area (Å²) in [5, 5.41) is 20.5. The summed E-state index contributed by atoms with van der Waals surface area (Å²) in [5.74, 6) is -1.91. The van der Waals surface area contributed by atoms with E-state index in [1.807, 2.05) is 0 Å². The van der Waals surface area contributed by atoms with Gasteiger partial charge in [0, 0.05) is 25.2 Å². The predicted octanol–water partition coefficient (Wildman–Crippen LogP) is 3.10. The maximum Gasteiger partial charge on any atom is 0.410 e. The largest absolute Gasteiger partial charge is 0.481 e. The molecule has 0 spiro atoms. The maximum absolute atomic E-state index is 12.2. The van der Waals surface area contributed by atoms with Crippen LogP contribution in [0.2, 0.25) is 0 Å². The monoisotopic (exact) mass is 364 g/mol. The van der Waals surface area contributed by atoms with Crippen LogP contribution in [-0.2, 0) is 16.0 Å². The average Bonchev–Trinajstić information content (AvgIpc) is 3.00. The molecule has 8 nitrogen and oxygen atoms in total. The van der Waals surface area contributed by atoms with Gasteiger partial charge >= 0.3 is 12.1 Å². The molecule has 2 atom stereocenters. The van der Waals surface area contributed by atoms with Crippen molar-refractivity contribution in [2.75, 3.05) is 13.1 Å². The summed E-state index contributed by atoms with van der Waals surface area (Å²) in [7, 11) is 0. The van der Waals surface area contributed by atoms with Gasteiger partial charge in [-0.05, 0) is 45.1 Å². The molecule has 1 aliphatic rings. The van der Waals surface area contributed by atoms with Crippen LogP contribution in [0.1, 0.15) is 32.8 Å². The van der Waals surface area contributed by atoms with Gasteiger partial charge in [-0.1, -0.05) is 12.1 Å². The predicted molar refractivity (Wildman–Crippen MR) is 93.8 cm³/mol. The molecule has 1 N–H and O–H groups in total. The van der Waals surface area contributed by atoms with Crippen LogP contribution in [0, 0.1) is 22.0 Å². The summed E-state index contributed by atoms with van der Waals surface area (Å²) in [6.45, 7) is 6.08. The molecule has 0 aliphatic carbocycles. The lowest BCUT2D eigenvalue weighted by Gasteiger charge is -2.25. The van der Waals surface area contributed by atoms with E-state index in [-0.39, 0.29) is 18.0 Å². The molecule has 1 aromatic carbocycles. The van der Waals surface area contributed by atoms with Crippen molar-refractivity contribution in [1.82, 2.24) is 4.90 Å². The highest BCUT2D eigenvalue weighted by Gasteiger charge is 2.37. The standard InChI is InChI=1S/C18H24N2O6/c1-18(2,3)26-17(23)19-8-7-13(11-19)15(16(21)22)10-12-5-4-6-14(9-12)20(24)25/h4-6,9,13,15H,7-8,10-11H2,1-3H3,(H,21,22)/t13-,15+/m0/s1. The van der Waals surface area contributed by atoms with Gasteiger partial charge in [-0.2, -0.15) is 0 Å². The zero-order valence-electron chi connectivity index (χ0n) is 15.2. The second-order valence-electron chi connectivity index (χ2n) is 7.55. The Morgan fingerprint density at radius 2 is 2.12 bits per heavy atom. The lowest BCUT2D eigenvalue weighted by molar-refractivity contribution is -0.384. The molecule has 0 radical (unpaired) electrons. The molecule has 1 heterocycles. The SMILES string of the molecule is CC(C)(C)OC(=O)N1CC[C@H]([C@@H](Cc2cccc([N+](=O)[O-])c2)C(=O)O)C1. The van der Waals surface area contributed by atoms with Crippen molar-refractivity contribution in [3.63, 3.8) is 0 Å². The molecular formula is C18H24N2O6. The summed E-state index contributed by atoms with van der Waals surface area (Å²) in [6.07, 6.45) is 0.300. The van der Waals surface area contributed by atoms with E-state index in [4.69, 9.17) is 4.74 Å². The Labute approximate surface area is 151 Å². The minimum Gasteiger partial charge on any atom is -0.481 e. The number of nitrogens with zero attached hydrogens (tertiary/aromatic N) is 2. The number of hydrogen-bond acceptors (Lipinski definition) is 5. The van der Waals surface area contributed by atoms with Gasteiger partial charge in [0.05, 0.1) is 10.8 Å². The summed E-state index contributed by atoms with van der Waals surface area (Å²) in [5.41, 5.74) is -0.0691. The Hall–Kier alpha value is -2.64. The Kier molecular flexibility index (Phi) is 5.84. The number of likely N-dealkylation sites (tertiary alicyclic amines) is 1. The number of carbonyl (C=O) groups is 2. The van der Waals surface area contributed by atoms with Crippen LogP contribution in [0.4, 0.5) is 10.5 Å². The zero-order valence-corrected chi connectivity index (χ0v) is 15.2. The molecule has 2 rings (SSSR count). The van der Waals surface area contributed by atoms with Crippen molar-refractivity contribution in [2.45, 2.75) is 39.2 Å². The number of carboxylic acid groups (broad SMARTS) is 1. The molecule has 1 fully saturated rings. The fourth-order valence-electron chi connectivity index (χ4n) is 3.11. The fraction of sp³-hybridized carbons (Fsp3) is 0.556. The van der Waals surface area contributed by atoms with E-state index >= 15 is 0 Å². The number of aliphatic carboxylic acids is 1. The number of amides is 1. The smallest absolute Gasteiger partial charge is 0.410 e. The topological polar surface area (TPSA) is 110 Å². The molecule has 142 valence electrons. The highest BCUT2D eigenvalue weighted by molar-refractivity contribution is 5.72. The Morgan fingerprint density at radius 1 is 1.42 bits per heavy atom. The number of ether oxygens (including phenoxy) is 1. The minimum absolute atomic E-state index is 0.0616. The van der Waals surface area contributed by atoms with Crippen molar-refractivity contribution < 1.29 is 24.4 Å². The van der Waals surface area contributed by atoms with Crippen LogP contribution in [0.15, 0.2) is 24.3 Å². The van der Waals surface area contributed by atoms with Crippen molar-refractivity contribution >= 4 is 17.7 Å². The van der Waals surface area contributed by atoms with Crippen molar-refractivity contribution in [3.05, 3.63) is 39.9 Å². The number of benzene rings is 1. The molecule has 0 bridgehead atoms. The summed E-state index contributed by atoms with van der Waals surface area (Å²) >= 11 is 0. The second-order valence-corrected chi connectivity index (χ2v) is 7.55. The minimum atomic E-state index is -0.965. The van der Waals surface area contributed by atoms with Gasteiger partial charge in [-0.15, -0.1) is 0 Å². The molecule has 8 heteroatoms. The first kappa shape index (κ1) is 19.7. The van der Waals surface area contributed by atoms with Gasteiger partial charge in [-0.25, -0.2) is 4.79 Å². The molecule has 1 saturated heterocycles. The molecule has 1 aliphatic heterocycles. The van der Waals surface area contributed by atoms with Crippen LogP contribution < -0.4 is 0 Å². The molecule has 0 unspecified atom stereocenters. The summed E-state index contributed by atoms with van der Waals surface area (Å²) < 4.78 is 5.34. The van der Waals surface area contributed by atoms with Gasteiger partial charge in [0.2, 0.25) is 0 Å². The average molecular weight is 364 g/mol. The fourth-order valence-corrected chi connectivity index (χ4v) is 3.11. The van der Waals surface area contributed by atoms with Crippen LogP contribution in [-0.4, -0.2) is 45.7 Å². The van der Waals surface area contributed by atoms with Crippen LogP contribution >= 0.6 is 0 Å². The number of nitro benzene ring substituents is 1. The third kappa shape index (κ3) is 5.18. The number of carboxylic acids is 1. The van der Waals surface area contributed by atoms with Gasteiger partial charge < -0.3 is 14.7 Å². The van der Waals surface area contributed by atoms with Crippen LogP contribution in [0.5, 0.6) is 0 Å². The van der Waals surface area contributed by atoms with E-state index in [0.29, 0.717) is 25.1 Å². The lowest BCUT2D eigenvalue weighted by Crippen LogP contribution is -2.36. The Bertz CT molecular complexity index is 697. The Morgan fingerprint density at radius 3 is 2.69 bits per heavy atom. The molecule has 26 heavy (non-hydrogen) atoms. The third-order valence-electron chi connectivity index (χ3n) is 4.34. The Balaban J connectivity index is 2.07. The normalized spacial score (nSPS) is 18.4. The highest BCUT2D eigenvalue weighted by atomic mass is 16.6. The third-order valence-corrected chi connectivity index (χ3v) is 4.34. The maximum atomic E-state index is 12.2. The molecular weight excluding hydrogens is 340 g/mol. The van der Waals surface area contributed by atoms with E-state index in [2.05, 4.69) is 0 Å². The number of hydrogen-bond donors (Lipinski definition) is 1. The molecule has 1 aromatic rings. The lowest BCUT2D eigenvalue weighted by atomic mass is 9.86. The quantitative estimate of drug-likeness (QED) is 0.635. The number of carbonyl (C=O) groups excluding carboxylic acids is 1. The molecule has 0 aromatic heterocycles. The molecule has 0 saturated carbocycles. The molecule has 1 amide bonds. The van der Waals surface area contributed by atoms with Crippen LogP contribution in [0.25, 0.3) is 0 Å². The highest BCUT2D eigenvalue weighted by Crippen LogP contribution is 2.29. The van der Waals surface area contributed by atoms with Crippen molar-refractivity contribution in [1.29, 1.82) is 0 Å². The van der Waals surface area contributed by atoms with E-state index < -0.39 is 28.5 Å². The van der Waals surface area contributed by atoms with Crippen LogP contribution in [0.3, 0.4) is 0 Å². The van der Waals surface area contributed by atoms with E-state index in [1.165, 1.54) is 17.0 Å². The van der Waals surface area contributed by atoms with Gasteiger partial charge in [0.1, 0.15) is 5.60 Å². The van der Waals surface area contributed by atoms with Gasteiger partial charge in [-0.3, -0.25) is 14.9 Å². The first-order chi connectivity index (χ1) is 12.1. The first-order valence-electron chi connectivity index (χ1n) is 8.51. The van der Waals surface area contributed by atoms with Crippen molar-refractivity contribution in [3.8, 4) is 0 Å². The van der Waals surface area contributed by atoms with Gasteiger partial charge in [0.15, 0.2) is 0 Å². The summed E-state index contributed by atoms with van der Waals surface area (Å²) in [6, 6.07) is 6.01. The summed E-state index contributed by atoms with van der Waals surface area (Å²) in [4.78, 5) is 35.8. The van der Waals surface area contributed by atoms with E-state index in [1.54, 1.807) is 32.9 Å². The zero-order chi connectivity index (χ0) is 19.5. The first-order valence-corrected chi connectivity index (χ1v) is 8.51. The van der Waals surface area contributed by atoms with E-state index in [0.717, 1.165) is 0 Å². The second kappa shape index (κ2) is 7.72. The van der Waals surface area contributed by atoms with E-state index in [9.17, 15) is 24.8 Å². The van der Waals surface area contributed by atoms with Gasteiger partial charge in [0.25, 0.3) is 5.69 Å². The van der Waals surface area contributed by atoms with Crippen molar-refractivity contribution in [2.24, 2.45) is 11.8 Å². The number of nitro groups is 1. The number of rotatable bonds is 5. The number of non-ortho nitro benzene ring substituents is 1.